The summed E-state index contributed by atoms with van der Waals surface area (Å²) in [6.07, 6.45) is 4.39. The summed E-state index contributed by atoms with van der Waals surface area (Å²) in [5, 5.41) is 14.0. The molecule has 0 atom stereocenters. The van der Waals surface area contributed by atoms with Gasteiger partial charge in [0.2, 0.25) is 0 Å². The SMILES string of the molecule is CC(C)CN(C(=O)Nc1sccc1C(=O)O)C1CCCC1. The Morgan fingerprint density at radius 3 is 2.67 bits per heavy atom. The average molecular weight is 310 g/mol. The van der Waals surface area contributed by atoms with E-state index in [1.54, 1.807) is 5.38 Å². The summed E-state index contributed by atoms with van der Waals surface area (Å²) in [6.45, 7) is 4.87. The van der Waals surface area contributed by atoms with Crippen molar-refractivity contribution in [1.82, 2.24) is 4.90 Å². The predicted molar refractivity (Wildman–Crippen MR) is 84.1 cm³/mol. The molecule has 2 amide bonds. The van der Waals surface area contributed by atoms with Crippen molar-refractivity contribution in [3.05, 3.63) is 17.0 Å². The first-order valence-electron chi connectivity index (χ1n) is 7.37. The molecule has 1 fully saturated rings. The third-order valence-corrected chi connectivity index (χ3v) is 4.53. The molecule has 2 rings (SSSR count). The molecule has 0 spiro atoms. The molecule has 21 heavy (non-hydrogen) atoms. The molecule has 0 saturated heterocycles. The van der Waals surface area contributed by atoms with Crippen molar-refractivity contribution in [2.24, 2.45) is 5.92 Å². The van der Waals surface area contributed by atoms with Crippen LogP contribution in [0.3, 0.4) is 0 Å². The number of anilines is 1. The number of nitrogens with one attached hydrogen (secondary N) is 1. The lowest BCUT2D eigenvalue weighted by molar-refractivity contribution is 0.0698. The zero-order valence-corrected chi connectivity index (χ0v) is 13.3. The van der Waals surface area contributed by atoms with E-state index in [0.717, 1.165) is 25.7 Å². The van der Waals surface area contributed by atoms with Gasteiger partial charge in [0.1, 0.15) is 5.00 Å². The highest BCUT2D eigenvalue weighted by Crippen LogP contribution is 2.27. The fourth-order valence-electron chi connectivity index (χ4n) is 2.75. The van der Waals surface area contributed by atoms with Crippen molar-refractivity contribution in [2.45, 2.75) is 45.6 Å². The van der Waals surface area contributed by atoms with E-state index in [2.05, 4.69) is 19.2 Å². The molecule has 0 aromatic carbocycles. The zero-order chi connectivity index (χ0) is 15.4. The van der Waals surface area contributed by atoms with Crippen molar-refractivity contribution in [3.8, 4) is 0 Å². The molecule has 1 aliphatic carbocycles. The molecule has 2 N–H and O–H groups in total. The number of carbonyl (C=O) groups excluding carboxylic acids is 1. The van der Waals surface area contributed by atoms with Crippen LogP contribution in [0, 0.1) is 5.92 Å². The number of aromatic carboxylic acids is 1. The Morgan fingerprint density at radius 1 is 1.43 bits per heavy atom. The van der Waals surface area contributed by atoms with Gasteiger partial charge in [-0.3, -0.25) is 5.32 Å². The van der Waals surface area contributed by atoms with Gasteiger partial charge >= 0.3 is 12.0 Å². The van der Waals surface area contributed by atoms with Gasteiger partial charge in [-0.05, 0) is 30.2 Å². The normalized spacial score (nSPS) is 15.4. The third-order valence-electron chi connectivity index (χ3n) is 3.70. The Labute approximate surface area is 129 Å². The van der Waals surface area contributed by atoms with Crippen LogP contribution in [0.2, 0.25) is 0 Å². The summed E-state index contributed by atoms with van der Waals surface area (Å²) in [7, 11) is 0. The molecule has 0 unspecified atom stereocenters. The second-order valence-corrected chi connectivity index (χ2v) is 6.80. The highest BCUT2D eigenvalue weighted by molar-refractivity contribution is 7.14. The molecular formula is C15H22N2O3S. The van der Waals surface area contributed by atoms with Crippen molar-refractivity contribution < 1.29 is 14.7 Å². The Bertz CT molecular complexity index is 507. The van der Waals surface area contributed by atoms with Gasteiger partial charge in [-0.2, -0.15) is 0 Å². The van der Waals surface area contributed by atoms with Gasteiger partial charge in [0, 0.05) is 12.6 Å². The Kier molecular flexibility index (Phi) is 5.22. The lowest BCUT2D eigenvalue weighted by atomic mass is 10.1. The highest BCUT2D eigenvalue weighted by Gasteiger charge is 2.28. The number of amides is 2. The van der Waals surface area contributed by atoms with Gasteiger partial charge in [0.15, 0.2) is 0 Å². The predicted octanol–water partition coefficient (Wildman–Crippen LogP) is 3.88. The minimum absolute atomic E-state index is 0.157. The fourth-order valence-corrected chi connectivity index (χ4v) is 3.52. The van der Waals surface area contributed by atoms with Gasteiger partial charge in [-0.15, -0.1) is 11.3 Å². The van der Waals surface area contributed by atoms with E-state index >= 15 is 0 Å². The largest absolute Gasteiger partial charge is 0.478 e. The maximum Gasteiger partial charge on any atom is 0.338 e. The Morgan fingerprint density at radius 2 is 2.10 bits per heavy atom. The summed E-state index contributed by atoms with van der Waals surface area (Å²) in [5.74, 6) is -0.624. The van der Waals surface area contributed by atoms with E-state index in [0.29, 0.717) is 17.5 Å². The van der Waals surface area contributed by atoms with Crippen LogP contribution in [-0.2, 0) is 0 Å². The number of rotatable bonds is 5. The Hall–Kier alpha value is -1.56. The smallest absolute Gasteiger partial charge is 0.338 e. The number of urea groups is 1. The lowest BCUT2D eigenvalue weighted by Crippen LogP contribution is -2.43. The minimum atomic E-state index is -1.01. The molecular weight excluding hydrogens is 288 g/mol. The second-order valence-electron chi connectivity index (χ2n) is 5.88. The molecule has 1 saturated carbocycles. The van der Waals surface area contributed by atoms with Crippen LogP contribution >= 0.6 is 11.3 Å². The number of carboxylic acids is 1. The first-order valence-corrected chi connectivity index (χ1v) is 8.25. The monoisotopic (exact) mass is 310 g/mol. The summed E-state index contributed by atoms with van der Waals surface area (Å²) >= 11 is 1.25. The first kappa shape index (κ1) is 15.8. The molecule has 1 aromatic rings. The summed E-state index contributed by atoms with van der Waals surface area (Å²) in [6, 6.07) is 1.62. The molecule has 0 aliphatic heterocycles. The number of hydrogen-bond acceptors (Lipinski definition) is 3. The molecule has 1 aromatic heterocycles. The molecule has 5 nitrogen and oxygen atoms in total. The van der Waals surface area contributed by atoms with E-state index in [1.165, 1.54) is 17.4 Å². The van der Waals surface area contributed by atoms with Crippen LogP contribution in [0.5, 0.6) is 0 Å². The lowest BCUT2D eigenvalue weighted by Gasteiger charge is -2.30. The zero-order valence-electron chi connectivity index (χ0n) is 12.5. The summed E-state index contributed by atoms with van der Waals surface area (Å²) in [5.41, 5.74) is 0.157. The van der Waals surface area contributed by atoms with E-state index in [-0.39, 0.29) is 17.6 Å². The van der Waals surface area contributed by atoms with Crippen LogP contribution in [0.25, 0.3) is 0 Å². The standard InChI is InChI=1S/C15H22N2O3S/c1-10(2)9-17(11-5-3-4-6-11)15(20)16-13-12(14(18)19)7-8-21-13/h7-8,10-11H,3-6,9H2,1-2H3,(H,16,20)(H,18,19). The number of carbonyl (C=O) groups is 2. The Balaban J connectivity index is 2.10. The van der Waals surface area contributed by atoms with Crippen LogP contribution in [0.15, 0.2) is 11.4 Å². The van der Waals surface area contributed by atoms with Gasteiger partial charge in [0.25, 0.3) is 0 Å². The molecule has 0 bridgehead atoms. The van der Waals surface area contributed by atoms with Crippen LogP contribution < -0.4 is 5.32 Å². The topological polar surface area (TPSA) is 69.6 Å². The number of carboxylic acid groups (broad SMARTS) is 1. The third kappa shape index (κ3) is 3.97. The molecule has 6 heteroatoms. The van der Waals surface area contributed by atoms with Crippen molar-refractivity contribution in [2.75, 3.05) is 11.9 Å². The van der Waals surface area contributed by atoms with Crippen molar-refractivity contribution in [1.29, 1.82) is 0 Å². The van der Waals surface area contributed by atoms with Gasteiger partial charge in [-0.25, -0.2) is 9.59 Å². The van der Waals surface area contributed by atoms with E-state index < -0.39 is 5.97 Å². The molecule has 1 aliphatic rings. The fraction of sp³-hybridized carbons (Fsp3) is 0.600. The average Bonchev–Trinajstić information content (AvgIpc) is 3.06. The molecule has 116 valence electrons. The quantitative estimate of drug-likeness (QED) is 0.867. The highest BCUT2D eigenvalue weighted by atomic mass is 32.1. The first-order chi connectivity index (χ1) is 9.99. The summed E-state index contributed by atoms with van der Waals surface area (Å²) < 4.78 is 0. The van der Waals surface area contributed by atoms with E-state index in [4.69, 9.17) is 5.11 Å². The van der Waals surface area contributed by atoms with Gasteiger partial charge in [-0.1, -0.05) is 26.7 Å². The van der Waals surface area contributed by atoms with Gasteiger partial charge in [0.05, 0.1) is 5.56 Å². The van der Waals surface area contributed by atoms with E-state index in [1.807, 2.05) is 4.90 Å². The molecule has 1 heterocycles. The summed E-state index contributed by atoms with van der Waals surface area (Å²) in [4.78, 5) is 25.5. The maximum atomic E-state index is 12.5. The van der Waals surface area contributed by atoms with Crippen LogP contribution in [-0.4, -0.2) is 34.6 Å². The molecule has 0 radical (unpaired) electrons. The number of nitrogens with zero attached hydrogens (tertiary/aromatic N) is 1. The maximum absolute atomic E-state index is 12.5. The minimum Gasteiger partial charge on any atom is -0.478 e. The second kappa shape index (κ2) is 6.93. The number of hydrogen-bond donors (Lipinski definition) is 2. The van der Waals surface area contributed by atoms with Crippen LogP contribution in [0.4, 0.5) is 9.80 Å². The van der Waals surface area contributed by atoms with Crippen molar-refractivity contribution in [3.63, 3.8) is 0 Å². The van der Waals surface area contributed by atoms with Crippen molar-refractivity contribution >= 4 is 28.3 Å². The van der Waals surface area contributed by atoms with Crippen LogP contribution in [0.1, 0.15) is 49.9 Å². The van der Waals surface area contributed by atoms with E-state index in [9.17, 15) is 9.59 Å². The van der Waals surface area contributed by atoms with Gasteiger partial charge < -0.3 is 10.0 Å². The number of thiophene rings is 1.